The molecule has 0 aromatic heterocycles. The molecule has 1 fully saturated rings. The van der Waals surface area contributed by atoms with Crippen LogP contribution in [0.1, 0.15) is 64.2 Å². The van der Waals surface area contributed by atoms with Crippen molar-refractivity contribution in [2.45, 2.75) is 60.0 Å². The fourth-order valence-electron chi connectivity index (χ4n) is 3.35. The molecule has 0 radical (unpaired) electrons. The van der Waals surface area contributed by atoms with Crippen LogP contribution < -0.4 is 10.2 Å². The van der Waals surface area contributed by atoms with E-state index in [2.05, 4.69) is 31.3 Å². The summed E-state index contributed by atoms with van der Waals surface area (Å²) < 4.78 is 5.58. The average molecular weight is 316 g/mol. The maximum Gasteiger partial charge on any atom is 0.271 e. The van der Waals surface area contributed by atoms with E-state index in [1.807, 2.05) is 26.0 Å². The largest absolute Gasteiger partial charge is 0.491 e. The Kier molecular flexibility index (Phi) is 5.45. The van der Waals surface area contributed by atoms with Crippen molar-refractivity contribution in [3.8, 4) is 5.75 Å². The highest BCUT2D eigenvalue weighted by atomic mass is 16.5. The molecular formula is C19H28N2O2. The van der Waals surface area contributed by atoms with Crippen LogP contribution in [0.2, 0.25) is 0 Å². The van der Waals surface area contributed by atoms with Crippen molar-refractivity contribution in [2.24, 2.45) is 16.4 Å². The molecule has 4 heteroatoms. The summed E-state index contributed by atoms with van der Waals surface area (Å²) in [5.41, 5.74) is 4.63. The Labute approximate surface area is 139 Å². The Morgan fingerprint density at radius 2 is 1.96 bits per heavy atom. The molecule has 1 aliphatic rings. The first kappa shape index (κ1) is 17.5. The van der Waals surface area contributed by atoms with E-state index in [-0.39, 0.29) is 17.4 Å². The quantitative estimate of drug-likeness (QED) is 0.837. The van der Waals surface area contributed by atoms with E-state index in [0.29, 0.717) is 11.5 Å². The van der Waals surface area contributed by atoms with Crippen LogP contribution >= 0.6 is 0 Å². The molecule has 1 N–H and O–H groups in total. The van der Waals surface area contributed by atoms with Gasteiger partial charge in [0.15, 0.2) is 0 Å². The number of nitrogens with one attached hydrogen (secondary N) is 1. The lowest BCUT2D eigenvalue weighted by Crippen LogP contribution is -2.30. The minimum atomic E-state index is -0.176. The van der Waals surface area contributed by atoms with Gasteiger partial charge in [0.05, 0.1) is 6.10 Å². The van der Waals surface area contributed by atoms with Crippen molar-refractivity contribution in [1.82, 2.24) is 5.43 Å². The predicted octanol–water partition coefficient (Wildman–Crippen LogP) is 4.41. The zero-order valence-corrected chi connectivity index (χ0v) is 14.8. The van der Waals surface area contributed by atoms with Gasteiger partial charge in [-0.3, -0.25) is 4.79 Å². The monoisotopic (exact) mass is 316 g/mol. The fourth-order valence-corrected chi connectivity index (χ4v) is 3.35. The van der Waals surface area contributed by atoms with Crippen LogP contribution in [0.3, 0.4) is 0 Å². The second-order valence-corrected chi connectivity index (χ2v) is 7.66. The predicted molar refractivity (Wildman–Crippen MR) is 93.9 cm³/mol. The van der Waals surface area contributed by atoms with Gasteiger partial charge >= 0.3 is 0 Å². The lowest BCUT2D eigenvalue weighted by Gasteiger charge is -2.34. The third kappa shape index (κ3) is 5.38. The number of carbonyl (C=O) groups is 1. The van der Waals surface area contributed by atoms with Crippen LogP contribution in [0, 0.1) is 11.3 Å². The number of carbonyl (C=O) groups excluding carboxylic acids is 1. The van der Waals surface area contributed by atoms with Gasteiger partial charge in [-0.25, -0.2) is 5.43 Å². The number of hydrazone groups is 1. The van der Waals surface area contributed by atoms with Gasteiger partial charge in [0.1, 0.15) is 5.75 Å². The normalized spacial score (nSPS) is 22.2. The summed E-state index contributed by atoms with van der Waals surface area (Å²) >= 11 is 0. The van der Waals surface area contributed by atoms with Gasteiger partial charge in [0.2, 0.25) is 0 Å². The van der Waals surface area contributed by atoms with Gasteiger partial charge in [-0.2, -0.15) is 5.10 Å². The maximum absolute atomic E-state index is 12.2. The van der Waals surface area contributed by atoms with E-state index >= 15 is 0 Å². The van der Waals surface area contributed by atoms with Gasteiger partial charge in [-0.15, -0.1) is 0 Å². The van der Waals surface area contributed by atoms with E-state index in [1.54, 1.807) is 12.1 Å². The van der Waals surface area contributed by atoms with E-state index in [9.17, 15) is 4.79 Å². The van der Waals surface area contributed by atoms with Crippen molar-refractivity contribution >= 4 is 11.6 Å². The number of hydrogen-bond donors (Lipinski definition) is 1. The van der Waals surface area contributed by atoms with Crippen molar-refractivity contribution in [3.05, 3.63) is 29.8 Å². The zero-order chi connectivity index (χ0) is 17.0. The lowest BCUT2D eigenvalue weighted by atomic mass is 9.72. The molecule has 1 saturated carbocycles. The molecule has 2 rings (SSSR count). The molecule has 0 spiro atoms. The molecule has 0 aliphatic heterocycles. The highest BCUT2D eigenvalue weighted by Gasteiger charge is 2.29. The summed E-state index contributed by atoms with van der Waals surface area (Å²) in [5, 5.41) is 4.36. The molecule has 1 aromatic carbocycles. The second-order valence-electron chi connectivity index (χ2n) is 7.66. The minimum absolute atomic E-state index is 0.123. The van der Waals surface area contributed by atoms with Crippen LogP contribution in [-0.2, 0) is 0 Å². The highest BCUT2D eigenvalue weighted by Crippen LogP contribution is 2.36. The van der Waals surface area contributed by atoms with Crippen LogP contribution in [0.5, 0.6) is 5.75 Å². The van der Waals surface area contributed by atoms with Gasteiger partial charge in [0, 0.05) is 11.3 Å². The van der Waals surface area contributed by atoms with E-state index in [4.69, 9.17) is 4.74 Å². The third-order valence-electron chi connectivity index (χ3n) is 3.97. The van der Waals surface area contributed by atoms with Crippen LogP contribution in [0.4, 0.5) is 0 Å². The molecule has 126 valence electrons. The van der Waals surface area contributed by atoms with Gasteiger partial charge < -0.3 is 4.74 Å². The highest BCUT2D eigenvalue weighted by molar-refractivity contribution is 5.95. The topological polar surface area (TPSA) is 50.7 Å². The minimum Gasteiger partial charge on any atom is -0.491 e. The first-order valence-electron chi connectivity index (χ1n) is 8.38. The average Bonchev–Trinajstić information content (AvgIpc) is 2.43. The van der Waals surface area contributed by atoms with Gasteiger partial charge in [-0.1, -0.05) is 20.8 Å². The Morgan fingerprint density at radius 1 is 1.30 bits per heavy atom. The molecule has 1 aromatic rings. The summed E-state index contributed by atoms with van der Waals surface area (Å²) in [6, 6.07) is 7.16. The Balaban J connectivity index is 1.97. The number of benzene rings is 1. The molecule has 1 atom stereocenters. The fraction of sp³-hybridized carbons (Fsp3) is 0.579. The van der Waals surface area contributed by atoms with E-state index in [1.165, 1.54) is 6.42 Å². The standard InChI is InChI=1S/C19H28N2O2/c1-13(2)23-17-8-6-15(7-9-17)18(22)21-20-16-10-14(3)11-19(4,5)12-16/h6-9,13-14H,10-12H2,1-5H3,(H,21,22)/b20-16-/t14-/m1/s1. The molecule has 1 aliphatic carbocycles. The molecule has 0 unspecified atom stereocenters. The first-order chi connectivity index (χ1) is 10.7. The molecule has 0 saturated heterocycles. The van der Waals surface area contributed by atoms with Crippen LogP contribution in [0.15, 0.2) is 29.4 Å². The first-order valence-corrected chi connectivity index (χ1v) is 8.38. The number of rotatable bonds is 4. The third-order valence-corrected chi connectivity index (χ3v) is 3.97. The number of hydrogen-bond acceptors (Lipinski definition) is 3. The van der Waals surface area contributed by atoms with Gasteiger partial charge in [-0.05, 0) is 68.7 Å². The Morgan fingerprint density at radius 3 is 2.52 bits per heavy atom. The molecule has 23 heavy (non-hydrogen) atoms. The number of amides is 1. The molecule has 1 amide bonds. The molecule has 0 bridgehead atoms. The van der Waals surface area contributed by atoms with E-state index in [0.717, 1.165) is 24.3 Å². The summed E-state index contributed by atoms with van der Waals surface area (Å²) in [6.45, 7) is 10.7. The summed E-state index contributed by atoms with van der Waals surface area (Å²) in [4.78, 5) is 12.2. The molecule has 0 heterocycles. The van der Waals surface area contributed by atoms with E-state index < -0.39 is 0 Å². The smallest absolute Gasteiger partial charge is 0.271 e. The zero-order valence-electron chi connectivity index (χ0n) is 14.8. The van der Waals surface area contributed by atoms with Crippen molar-refractivity contribution in [2.75, 3.05) is 0 Å². The molecule has 4 nitrogen and oxygen atoms in total. The van der Waals surface area contributed by atoms with Crippen molar-refractivity contribution < 1.29 is 9.53 Å². The maximum atomic E-state index is 12.2. The summed E-state index contributed by atoms with van der Waals surface area (Å²) in [5.74, 6) is 1.21. The van der Waals surface area contributed by atoms with Crippen molar-refractivity contribution in [3.63, 3.8) is 0 Å². The lowest BCUT2D eigenvalue weighted by molar-refractivity contribution is 0.0954. The Hall–Kier alpha value is -1.84. The Bertz CT molecular complexity index is 574. The summed E-state index contributed by atoms with van der Waals surface area (Å²) in [7, 11) is 0. The van der Waals surface area contributed by atoms with Crippen molar-refractivity contribution in [1.29, 1.82) is 0 Å². The number of ether oxygens (including phenoxy) is 1. The second kappa shape index (κ2) is 7.16. The SMILES string of the molecule is CC(C)Oc1ccc(C(=O)N/N=C2/C[C@@H](C)CC(C)(C)C2)cc1. The number of nitrogens with zero attached hydrogens (tertiary/aromatic N) is 1. The molecular weight excluding hydrogens is 288 g/mol. The summed E-state index contributed by atoms with van der Waals surface area (Å²) in [6.07, 6.45) is 3.23. The van der Waals surface area contributed by atoms with Crippen LogP contribution in [0.25, 0.3) is 0 Å². The van der Waals surface area contributed by atoms with Gasteiger partial charge in [0.25, 0.3) is 5.91 Å². The van der Waals surface area contributed by atoms with Crippen LogP contribution in [-0.4, -0.2) is 17.7 Å².